The van der Waals surface area contributed by atoms with Crippen LogP contribution < -0.4 is 0 Å². The molecule has 0 spiro atoms. The first-order valence-electron chi connectivity index (χ1n) is 2.01. The van der Waals surface area contributed by atoms with Crippen LogP contribution in [0.2, 0.25) is 0 Å². The fourth-order valence-electron chi connectivity index (χ4n) is 0.207. The van der Waals surface area contributed by atoms with Gasteiger partial charge in [0.1, 0.15) is 10.3 Å². The van der Waals surface area contributed by atoms with Crippen LogP contribution in [0.15, 0.2) is 4.99 Å². The molecule has 2 nitrogen and oxygen atoms in total. The van der Waals surface area contributed by atoms with Gasteiger partial charge >= 0.3 is 0 Å². The first-order valence-corrected chi connectivity index (χ1v) is 2.76. The van der Waals surface area contributed by atoms with E-state index < -0.39 is 0 Å². The average Bonchev–Trinajstić information content (AvgIpc) is 1.65. The highest BCUT2D eigenvalue weighted by Gasteiger charge is 1.94. The number of aliphatic imine (C=N–C) groups is 1. The zero-order valence-electron chi connectivity index (χ0n) is 4.41. The topological polar surface area (TPSA) is 36.2 Å². The molecule has 0 saturated heterocycles. The van der Waals surface area contributed by atoms with Crippen LogP contribution >= 0.6 is 23.2 Å². The lowest BCUT2D eigenvalue weighted by molar-refractivity contribution is 1.40. The predicted octanol–water partition coefficient (Wildman–Crippen LogP) is 1.86. The van der Waals surface area contributed by atoms with E-state index in [4.69, 9.17) is 28.6 Å². The van der Waals surface area contributed by atoms with Gasteiger partial charge in [-0.2, -0.15) is 0 Å². The van der Waals surface area contributed by atoms with Gasteiger partial charge in [-0.25, -0.2) is 0 Å². The van der Waals surface area contributed by atoms with Gasteiger partial charge in [-0.1, -0.05) is 23.2 Å². The van der Waals surface area contributed by atoms with Gasteiger partial charge in [0.25, 0.3) is 0 Å². The second-order valence-corrected chi connectivity index (χ2v) is 2.07. The zero-order chi connectivity index (χ0) is 6.57. The molecule has 0 unspecified atom stereocenters. The molecule has 0 aliphatic rings. The maximum Gasteiger partial charge on any atom is 0.107 e. The second-order valence-electron chi connectivity index (χ2n) is 1.18. The minimum Gasteiger partial charge on any atom is -0.293 e. The summed E-state index contributed by atoms with van der Waals surface area (Å²) in [6, 6.07) is 0. The van der Waals surface area contributed by atoms with Crippen LogP contribution in [-0.4, -0.2) is 17.4 Å². The SMILES string of the molecule is CN=C(Cl)CC(=N)Cl. The van der Waals surface area contributed by atoms with Crippen LogP contribution in [0.3, 0.4) is 0 Å². The highest BCUT2D eigenvalue weighted by molar-refractivity contribution is 6.73. The molecule has 0 aliphatic carbocycles. The number of nitrogens with one attached hydrogen (secondary N) is 1. The summed E-state index contributed by atoms with van der Waals surface area (Å²) in [5.74, 6) is 0. The smallest absolute Gasteiger partial charge is 0.107 e. The minimum atomic E-state index is 0.0144. The zero-order valence-corrected chi connectivity index (χ0v) is 5.92. The molecule has 0 aromatic rings. The van der Waals surface area contributed by atoms with E-state index in [0.29, 0.717) is 5.17 Å². The van der Waals surface area contributed by atoms with Crippen LogP contribution in [-0.2, 0) is 0 Å². The van der Waals surface area contributed by atoms with E-state index >= 15 is 0 Å². The maximum atomic E-state index is 6.73. The number of rotatable bonds is 2. The van der Waals surface area contributed by atoms with Gasteiger partial charge in [-0.3, -0.25) is 10.4 Å². The third-order valence-corrected chi connectivity index (χ3v) is 0.980. The van der Waals surface area contributed by atoms with Crippen molar-refractivity contribution < 1.29 is 0 Å². The molecular formula is C4H6Cl2N2. The third-order valence-electron chi connectivity index (χ3n) is 0.544. The monoisotopic (exact) mass is 152 g/mol. The highest BCUT2D eigenvalue weighted by Crippen LogP contribution is 1.95. The van der Waals surface area contributed by atoms with Crippen molar-refractivity contribution >= 4 is 33.5 Å². The van der Waals surface area contributed by atoms with Crippen molar-refractivity contribution in [3.05, 3.63) is 0 Å². The standard InChI is InChI=1S/C4H6Cl2N2/c1-8-4(6)2-3(5)7/h7H,2H2,1H3. The Balaban J connectivity index is 3.56. The molecule has 0 radical (unpaired) electrons. The van der Waals surface area contributed by atoms with Gasteiger partial charge in [0, 0.05) is 7.05 Å². The Hall–Kier alpha value is -0.0800. The van der Waals surface area contributed by atoms with Crippen molar-refractivity contribution in [2.24, 2.45) is 4.99 Å². The summed E-state index contributed by atoms with van der Waals surface area (Å²) >= 11 is 10.6. The van der Waals surface area contributed by atoms with Crippen molar-refractivity contribution in [1.29, 1.82) is 5.41 Å². The van der Waals surface area contributed by atoms with Crippen LogP contribution in [0.1, 0.15) is 6.42 Å². The Morgan fingerprint density at radius 1 is 1.62 bits per heavy atom. The highest BCUT2D eigenvalue weighted by atomic mass is 35.5. The molecule has 0 heterocycles. The summed E-state index contributed by atoms with van der Waals surface area (Å²) in [7, 11) is 1.56. The normalized spacial score (nSPS) is 11.6. The lowest BCUT2D eigenvalue weighted by Crippen LogP contribution is -1.92. The summed E-state index contributed by atoms with van der Waals surface area (Å²) in [5.41, 5.74) is 0. The van der Waals surface area contributed by atoms with Gasteiger partial charge in [-0.15, -0.1) is 0 Å². The predicted molar refractivity (Wildman–Crippen MR) is 37.4 cm³/mol. The molecular weight excluding hydrogens is 147 g/mol. The molecule has 8 heavy (non-hydrogen) atoms. The van der Waals surface area contributed by atoms with E-state index in [0.717, 1.165) is 0 Å². The molecule has 0 bridgehead atoms. The Bertz CT molecular complexity index is 119. The van der Waals surface area contributed by atoms with Gasteiger partial charge < -0.3 is 0 Å². The molecule has 0 aromatic carbocycles. The van der Waals surface area contributed by atoms with E-state index in [2.05, 4.69) is 4.99 Å². The number of halogens is 2. The molecule has 0 aliphatic heterocycles. The fourth-order valence-corrected chi connectivity index (χ4v) is 0.536. The molecule has 0 fully saturated rings. The number of hydrogen-bond acceptors (Lipinski definition) is 2. The maximum absolute atomic E-state index is 6.73. The van der Waals surface area contributed by atoms with Crippen molar-refractivity contribution in [3.8, 4) is 0 Å². The van der Waals surface area contributed by atoms with Crippen LogP contribution in [0.5, 0.6) is 0 Å². The Labute approximate surface area is 58.0 Å². The van der Waals surface area contributed by atoms with Crippen LogP contribution in [0.25, 0.3) is 0 Å². The quantitative estimate of drug-likeness (QED) is 0.587. The molecule has 0 amide bonds. The third kappa shape index (κ3) is 4.09. The largest absolute Gasteiger partial charge is 0.293 e. The lowest BCUT2D eigenvalue weighted by Gasteiger charge is -1.88. The van der Waals surface area contributed by atoms with E-state index in [9.17, 15) is 0 Å². The molecule has 4 heteroatoms. The van der Waals surface area contributed by atoms with E-state index in [-0.39, 0.29) is 11.6 Å². The summed E-state index contributed by atoms with van der Waals surface area (Å²) < 4.78 is 0. The Morgan fingerprint density at radius 2 is 2.12 bits per heavy atom. The molecule has 0 atom stereocenters. The van der Waals surface area contributed by atoms with E-state index in [1.165, 1.54) is 0 Å². The molecule has 0 rings (SSSR count). The van der Waals surface area contributed by atoms with Gasteiger partial charge in [0.05, 0.1) is 6.42 Å². The molecule has 0 aromatic heterocycles. The van der Waals surface area contributed by atoms with Gasteiger partial charge in [0.15, 0.2) is 0 Å². The van der Waals surface area contributed by atoms with Crippen molar-refractivity contribution in [3.63, 3.8) is 0 Å². The lowest BCUT2D eigenvalue weighted by atomic mass is 10.5. The fraction of sp³-hybridized carbons (Fsp3) is 0.500. The summed E-state index contributed by atoms with van der Waals surface area (Å²) in [5, 5.41) is 7.11. The summed E-state index contributed by atoms with van der Waals surface area (Å²) in [6.07, 6.45) is 0.250. The van der Waals surface area contributed by atoms with Crippen molar-refractivity contribution in [1.82, 2.24) is 0 Å². The molecule has 46 valence electrons. The van der Waals surface area contributed by atoms with Crippen LogP contribution in [0, 0.1) is 5.41 Å². The Kier molecular flexibility index (Phi) is 3.83. The average molecular weight is 153 g/mol. The van der Waals surface area contributed by atoms with Gasteiger partial charge in [-0.05, 0) is 0 Å². The molecule has 0 saturated carbocycles. The number of nitrogens with zero attached hydrogens (tertiary/aromatic N) is 1. The molecule has 1 N–H and O–H groups in total. The van der Waals surface area contributed by atoms with Crippen molar-refractivity contribution in [2.45, 2.75) is 6.42 Å². The van der Waals surface area contributed by atoms with E-state index in [1.54, 1.807) is 7.05 Å². The Morgan fingerprint density at radius 3 is 2.25 bits per heavy atom. The van der Waals surface area contributed by atoms with Crippen LogP contribution in [0.4, 0.5) is 0 Å². The summed E-state index contributed by atoms with van der Waals surface area (Å²) in [6.45, 7) is 0. The van der Waals surface area contributed by atoms with E-state index in [1.807, 2.05) is 0 Å². The van der Waals surface area contributed by atoms with Gasteiger partial charge in [0.2, 0.25) is 0 Å². The second kappa shape index (κ2) is 3.87. The first-order chi connectivity index (χ1) is 3.66. The summed E-state index contributed by atoms with van der Waals surface area (Å²) in [4.78, 5) is 3.59. The number of hydrogen-bond donors (Lipinski definition) is 1. The van der Waals surface area contributed by atoms with Crippen molar-refractivity contribution in [2.75, 3.05) is 7.05 Å². The first kappa shape index (κ1) is 7.92. The minimum absolute atomic E-state index is 0.0144.